The number of hydrogen-bond acceptors (Lipinski definition) is 10. The van der Waals surface area contributed by atoms with Crippen LogP contribution >= 0.6 is 11.3 Å². The average Bonchev–Trinajstić information content (AvgIpc) is 3.39. The molecule has 39 heavy (non-hydrogen) atoms. The van der Waals surface area contributed by atoms with Crippen LogP contribution in [0.2, 0.25) is 0 Å². The zero-order valence-electron chi connectivity index (χ0n) is 20.6. The number of nitrogens with two attached hydrogens (primary N) is 1. The van der Waals surface area contributed by atoms with Gasteiger partial charge in [0.15, 0.2) is 5.13 Å². The highest BCUT2D eigenvalue weighted by Crippen LogP contribution is 2.44. The van der Waals surface area contributed by atoms with E-state index < -0.39 is 30.1 Å². The second kappa shape index (κ2) is 10.1. The maximum absolute atomic E-state index is 12.7. The molecule has 1 aromatic heterocycles. The van der Waals surface area contributed by atoms with Crippen molar-refractivity contribution in [2.24, 2.45) is 5.73 Å². The Labute approximate surface area is 224 Å². The van der Waals surface area contributed by atoms with E-state index in [1.54, 1.807) is 13.1 Å². The molecule has 1 saturated heterocycles. The molecule has 0 bridgehead atoms. The molecular formula is C24H25F3N6O5S. The van der Waals surface area contributed by atoms with E-state index in [0.717, 1.165) is 11.3 Å². The molecule has 5 N–H and O–H groups in total. The van der Waals surface area contributed by atoms with E-state index in [1.807, 2.05) is 4.90 Å². The standard InChI is InChI=1S/C24H25F3N6O5S/c1-32-17-5-2-13(21(35)36)10-16(17)30-23(32,19(12-20(28)34)33-6-8-37-9-7-33)31-22-29-15-4-3-14(11-18(15)39-22)38-24(25,26)27/h2-5,10-11,19,30H,6-9,12H2,1H3,(H2,28,34)(H,29,31)(H,35,36). The van der Waals surface area contributed by atoms with Crippen LogP contribution in [0, 0.1) is 0 Å². The minimum Gasteiger partial charge on any atom is -0.478 e. The quantitative estimate of drug-likeness (QED) is 0.321. The van der Waals surface area contributed by atoms with Crippen molar-refractivity contribution in [2.75, 3.05) is 48.9 Å². The molecule has 2 aliphatic rings. The number of carboxylic acids is 1. The molecule has 1 fully saturated rings. The van der Waals surface area contributed by atoms with Gasteiger partial charge in [-0.2, -0.15) is 0 Å². The number of primary amides is 1. The van der Waals surface area contributed by atoms with Gasteiger partial charge >= 0.3 is 12.3 Å². The maximum Gasteiger partial charge on any atom is 0.573 e. The third-order valence-corrected chi connectivity index (χ3v) is 7.65. The summed E-state index contributed by atoms with van der Waals surface area (Å²) in [5.74, 6) is -3.27. The molecule has 1 amide bonds. The highest BCUT2D eigenvalue weighted by molar-refractivity contribution is 7.22. The Bertz CT molecular complexity index is 1410. The van der Waals surface area contributed by atoms with Crippen LogP contribution in [0.4, 0.5) is 29.7 Å². The molecule has 2 atom stereocenters. The molecule has 5 rings (SSSR count). The van der Waals surface area contributed by atoms with E-state index in [2.05, 4.69) is 25.3 Å². The van der Waals surface area contributed by atoms with Gasteiger partial charge in [0.1, 0.15) is 5.75 Å². The number of morpholine rings is 1. The molecule has 0 aliphatic carbocycles. The topological polar surface area (TPSA) is 142 Å². The number of nitrogens with zero attached hydrogens (tertiary/aromatic N) is 3. The SMILES string of the molecule is CN1c2ccc(C(=O)O)cc2NC1(Nc1nc2ccc(OC(F)(F)F)cc2s1)C(CC(N)=O)N1CCOCC1. The van der Waals surface area contributed by atoms with Crippen molar-refractivity contribution in [3.63, 3.8) is 0 Å². The first-order valence-corrected chi connectivity index (χ1v) is 12.7. The number of amides is 1. The summed E-state index contributed by atoms with van der Waals surface area (Å²) in [4.78, 5) is 32.4. The molecule has 2 aromatic carbocycles. The van der Waals surface area contributed by atoms with Crippen molar-refractivity contribution >= 4 is 49.9 Å². The predicted octanol–water partition coefficient (Wildman–Crippen LogP) is 3.10. The number of aromatic nitrogens is 1. The lowest BCUT2D eigenvalue weighted by Crippen LogP contribution is -2.69. The molecule has 11 nitrogen and oxygen atoms in total. The van der Waals surface area contributed by atoms with Crippen molar-refractivity contribution < 1.29 is 37.3 Å². The number of nitrogens with one attached hydrogen (secondary N) is 2. The number of fused-ring (bicyclic) bond motifs is 2. The fourth-order valence-corrected chi connectivity index (χ4v) is 5.94. The number of carbonyl (C=O) groups excluding carboxylic acids is 1. The van der Waals surface area contributed by atoms with Crippen LogP contribution in [0.1, 0.15) is 16.8 Å². The molecule has 2 unspecified atom stereocenters. The molecule has 208 valence electrons. The molecular weight excluding hydrogens is 541 g/mol. The summed E-state index contributed by atoms with van der Waals surface area (Å²) in [6.07, 6.45) is -4.90. The summed E-state index contributed by atoms with van der Waals surface area (Å²) < 4.78 is 48.2. The smallest absolute Gasteiger partial charge is 0.478 e. The zero-order chi connectivity index (χ0) is 27.9. The van der Waals surface area contributed by atoms with Gasteiger partial charge < -0.3 is 35.8 Å². The molecule has 15 heteroatoms. The number of aromatic carboxylic acids is 1. The van der Waals surface area contributed by atoms with Crippen LogP contribution in [0.5, 0.6) is 5.75 Å². The third kappa shape index (κ3) is 5.37. The van der Waals surface area contributed by atoms with E-state index in [-0.39, 0.29) is 17.7 Å². The number of ether oxygens (including phenoxy) is 2. The molecule has 0 saturated carbocycles. The van der Waals surface area contributed by atoms with Crippen LogP contribution in [0.15, 0.2) is 36.4 Å². The van der Waals surface area contributed by atoms with Gasteiger partial charge in [-0.05, 0) is 30.3 Å². The second-order valence-electron chi connectivity index (χ2n) is 9.14. The monoisotopic (exact) mass is 566 g/mol. The fraction of sp³-hybridized carbons (Fsp3) is 0.375. The minimum atomic E-state index is -4.83. The summed E-state index contributed by atoms with van der Waals surface area (Å²) in [5, 5.41) is 16.6. The lowest BCUT2D eigenvalue weighted by Gasteiger charge is -2.48. The van der Waals surface area contributed by atoms with Crippen molar-refractivity contribution in [1.29, 1.82) is 0 Å². The van der Waals surface area contributed by atoms with Crippen molar-refractivity contribution in [3.8, 4) is 5.75 Å². The number of carboxylic acid groups (broad SMARTS) is 1. The lowest BCUT2D eigenvalue weighted by atomic mass is 10.0. The van der Waals surface area contributed by atoms with Crippen LogP contribution in [-0.4, -0.2) is 78.4 Å². The predicted molar refractivity (Wildman–Crippen MR) is 138 cm³/mol. The number of likely N-dealkylation sites (N-methyl/N-ethyl adjacent to an activating group) is 1. The number of thiazole rings is 1. The fourth-order valence-electron chi connectivity index (χ4n) is 4.99. The first-order chi connectivity index (χ1) is 18.4. The van der Waals surface area contributed by atoms with Crippen molar-refractivity contribution in [1.82, 2.24) is 9.88 Å². The number of rotatable bonds is 8. The van der Waals surface area contributed by atoms with Crippen molar-refractivity contribution in [2.45, 2.75) is 24.6 Å². The van der Waals surface area contributed by atoms with E-state index in [4.69, 9.17) is 10.5 Å². The molecule has 0 spiro atoms. The third-order valence-electron chi connectivity index (χ3n) is 6.71. The minimum absolute atomic E-state index is 0.0699. The summed E-state index contributed by atoms with van der Waals surface area (Å²) in [6.45, 7) is 1.89. The van der Waals surface area contributed by atoms with E-state index in [0.29, 0.717) is 53.0 Å². The maximum atomic E-state index is 12.7. The Hall–Kier alpha value is -3.82. The highest BCUT2D eigenvalue weighted by atomic mass is 32.1. The van der Waals surface area contributed by atoms with Crippen LogP contribution < -0.4 is 26.0 Å². The Morgan fingerprint density at radius 1 is 1.28 bits per heavy atom. The number of carbonyl (C=O) groups is 2. The number of benzene rings is 2. The van der Waals surface area contributed by atoms with Crippen LogP contribution in [-0.2, 0) is 9.53 Å². The van der Waals surface area contributed by atoms with Crippen LogP contribution in [0.3, 0.4) is 0 Å². The summed E-state index contributed by atoms with van der Waals surface area (Å²) in [6, 6.07) is 7.91. The Kier molecular flexibility index (Phi) is 6.90. The molecule has 2 aliphatic heterocycles. The van der Waals surface area contributed by atoms with Gasteiger partial charge in [0.2, 0.25) is 11.7 Å². The van der Waals surface area contributed by atoms with Gasteiger partial charge in [0.05, 0.1) is 46.4 Å². The molecule has 3 aromatic rings. The molecule has 3 heterocycles. The van der Waals surface area contributed by atoms with E-state index in [1.165, 1.54) is 30.3 Å². The van der Waals surface area contributed by atoms with Gasteiger partial charge in [-0.3, -0.25) is 9.69 Å². The number of halogens is 3. The first kappa shape index (κ1) is 26.8. The highest BCUT2D eigenvalue weighted by Gasteiger charge is 2.51. The Morgan fingerprint density at radius 2 is 2.03 bits per heavy atom. The summed E-state index contributed by atoms with van der Waals surface area (Å²) in [5.41, 5.74) is 7.38. The normalized spacial score (nSPS) is 20.4. The van der Waals surface area contributed by atoms with Gasteiger partial charge in [0, 0.05) is 32.6 Å². The number of anilines is 3. The van der Waals surface area contributed by atoms with Gasteiger partial charge in [-0.25, -0.2) is 9.78 Å². The van der Waals surface area contributed by atoms with Gasteiger partial charge in [-0.15, -0.1) is 13.2 Å². The van der Waals surface area contributed by atoms with Gasteiger partial charge in [-0.1, -0.05) is 11.3 Å². The second-order valence-corrected chi connectivity index (χ2v) is 10.2. The van der Waals surface area contributed by atoms with E-state index >= 15 is 0 Å². The number of hydrogen-bond donors (Lipinski definition) is 4. The largest absolute Gasteiger partial charge is 0.573 e. The average molecular weight is 567 g/mol. The van der Waals surface area contributed by atoms with E-state index in [9.17, 15) is 27.9 Å². The first-order valence-electron chi connectivity index (χ1n) is 11.9. The molecule has 0 radical (unpaired) electrons. The van der Waals surface area contributed by atoms with Gasteiger partial charge in [0.25, 0.3) is 0 Å². The summed E-state index contributed by atoms with van der Waals surface area (Å²) >= 11 is 1.10. The zero-order valence-corrected chi connectivity index (χ0v) is 21.4. The van der Waals surface area contributed by atoms with Crippen LogP contribution in [0.25, 0.3) is 10.2 Å². The lowest BCUT2D eigenvalue weighted by molar-refractivity contribution is -0.274. The summed E-state index contributed by atoms with van der Waals surface area (Å²) in [7, 11) is 1.78. The Morgan fingerprint density at radius 3 is 2.69 bits per heavy atom. The number of alkyl halides is 3. The Balaban J connectivity index is 1.58. The van der Waals surface area contributed by atoms with Crippen molar-refractivity contribution in [3.05, 3.63) is 42.0 Å².